The molecule has 29 heavy (non-hydrogen) atoms. The van der Waals surface area contributed by atoms with Crippen LogP contribution in [0.3, 0.4) is 0 Å². The standard InChI is InChI=1S/C24H39NO2.CH4O/c1-4-5-12-26-13-14-27-24-11-9-20-15-19(6-7-22(20)17-24)21-8-10-23(16-21)25-18(2)3;1-2/h6-7,15,18,21,23-25H,4-5,8-14,16-17H2,1-3H3;2H,1H3/t21?,23-,24?;/m1./s1. The smallest absolute Gasteiger partial charge is 0.0704 e. The summed E-state index contributed by atoms with van der Waals surface area (Å²) in [5, 5.41) is 10.7. The minimum absolute atomic E-state index is 0.365. The summed E-state index contributed by atoms with van der Waals surface area (Å²) in [5.74, 6) is 0.737. The summed E-state index contributed by atoms with van der Waals surface area (Å²) in [4.78, 5) is 0. The number of nitrogens with one attached hydrogen (secondary N) is 1. The van der Waals surface area contributed by atoms with Crippen molar-refractivity contribution >= 4 is 0 Å². The van der Waals surface area contributed by atoms with E-state index in [0.29, 0.717) is 18.2 Å². The van der Waals surface area contributed by atoms with Crippen molar-refractivity contribution in [1.29, 1.82) is 0 Å². The van der Waals surface area contributed by atoms with E-state index in [9.17, 15) is 0 Å². The number of aliphatic hydroxyl groups excluding tert-OH is 1. The molecule has 0 aliphatic heterocycles. The Hall–Kier alpha value is -0.940. The Morgan fingerprint density at radius 2 is 1.90 bits per heavy atom. The average molecular weight is 406 g/mol. The lowest BCUT2D eigenvalue weighted by molar-refractivity contribution is -0.000913. The van der Waals surface area contributed by atoms with Crippen LogP contribution in [0, 0.1) is 0 Å². The molecule has 0 spiro atoms. The molecule has 2 aliphatic rings. The minimum atomic E-state index is 0.365. The third kappa shape index (κ3) is 8.01. The van der Waals surface area contributed by atoms with Gasteiger partial charge in [0.25, 0.3) is 0 Å². The second kappa shape index (κ2) is 13.4. The van der Waals surface area contributed by atoms with E-state index >= 15 is 0 Å². The zero-order valence-electron chi connectivity index (χ0n) is 19.1. The third-order valence-electron chi connectivity index (χ3n) is 6.11. The number of rotatable bonds is 10. The van der Waals surface area contributed by atoms with Gasteiger partial charge in [-0.25, -0.2) is 0 Å². The van der Waals surface area contributed by atoms with Crippen LogP contribution in [-0.2, 0) is 22.3 Å². The molecule has 0 heterocycles. The lowest BCUT2D eigenvalue weighted by Gasteiger charge is -2.26. The average Bonchev–Trinajstić information content (AvgIpc) is 3.19. The van der Waals surface area contributed by atoms with Crippen molar-refractivity contribution in [2.24, 2.45) is 0 Å². The first-order valence-electron chi connectivity index (χ1n) is 11.7. The van der Waals surface area contributed by atoms with Gasteiger partial charge >= 0.3 is 0 Å². The monoisotopic (exact) mass is 405 g/mol. The van der Waals surface area contributed by atoms with Gasteiger partial charge in [0.05, 0.1) is 19.3 Å². The molecule has 1 aromatic carbocycles. The number of unbranched alkanes of at least 4 members (excludes halogenated alkanes) is 1. The van der Waals surface area contributed by atoms with E-state index in [0.717, 1.165) is 58.5 Å². The van der Waals surface area contributed by atoms with Crippen LogP contribution in [0.2, 0.25) is 0 Å². The Kier molecular flexibility index (Phi) is 11.2. The third-order valence-corrected chi connectivity index (χ3v) is 6.11. The van der Waals surface area contributed by atoms with Crippen LogP contribution in [0.5, 0.6) is 0 Å². The van der Waals surface area contributed by atoms with Gasteiger partial charge in [0.15, 0.2) is 0 Å². The van der Waals surface area contributed by atoms with E-state index in [4.69, 9.17) is 14.6 Å². The van der Waals surface area contributed by atoms with Crippen molar-refractivity contribution in [2.45, 2.75) is 96.2 Å². The molecule has 3 atom stereocenters. The Labute approximate surface area is 178 Å². The zero-order valence-corrected chi connectivity index (χ0v) is 19.1. The Balaban J connectivity index is 0.00000145. The summed E-state index contributed by atoms with van der Waals surface area (Å²) in [6.07, 6.45) is 10.0. The van der Waals surface area contributed by atoms with E-state index in [1.165, 1.54) is 31.2 Å². The number of aliphatic hydroxyl groups is 1. The number of aryl methyl sites for hydroxylation is 1. The van der Waals surface area contributed by atoms with Crippen molar-refractivity contribution in [2.75, 3.05) is 26.9 Å². The molecular formula is C25H43NO3. The molecule has 166 valence electrons. The molecule has 0 radical (unpaired) electrons. The van der Waals surface area contributed by atoms with Gasteiger partial charge in [-0.15, -0.1) is 0 Å². The maximum absolute atomic E-state index is 7.00. The molecule has 2 N–H and O–H groups in total. The fraction of sp³-hybridized carbons (Fsp3) is 0.760. The normalized spacial score (nSPS) is 23.6. The molecule has 1 fully saturated rings. The first-order valence-corrected chi connectivity index (χ1v) is 11.7. The Morgan fingerprint density at radius 3 is 2.66 bits per heavy atom. The molecule has 1 saturated carbocycles. The van der Waals surface area contributed by atoms with Gasteiger partial charge in [0.2, 0.25) is 0 Å². The minimum Gasteiger partial charge on any atom is -0.400 e. The highest BCUT2D eigenvalue weighted by molar-refractivity contribution is 5.36. The number of fused-ring (bicyclic) bond motifs is 1. The molecule has 0 aromatic heterocycles. The van der Waals surface area contributed by atoms with Crippen LogP contribution in [0.1, 0.15) is 81.9 Å². The van der Waals surface area contributed by atoms with Crippen LogP contribution in [-0.4, -0.2) is 50.2 Å². The number of hydrogen-bond donors (Lipinski definition) is 2. The van der Waals surface area contributed by atoms with Crippen LogP contribution >= 0.6 is 0 Å². The summed E-state index contributed by atoms with van der Waals surface area (Å²) in [6.45, 7) is 9.02. The van der Waals surface area contributed by atoms with E-state index in [1.807, 2.05) is 0 Å². The SMILES string of the molecule is CCCCOCCOC1CCc2cc(C3CC[C@@H](NC(C)C)C3)ccc2C1.CO. The Morgan fingerprint density at radius 1 is 1.07 bits per heavy atom. The Bertz CT molecular complexity index is 575. The highest BCUT2D eigenvalue weighted by Gasteiger charge is 2.27. The quantitative estimate of drug-likeness (QED) is 0.558. The summed E-state index contributed by atoms with van der Waals surface area (Å²) < 4.78 is 11.7. The number of hydrogen-bond acceptors (Lipinski definition) is 4. The largest absolute Gasteiger partial charge is 0.400 e. The van der Waals surface area contributed by atoms with Crippen molar-refractivity contribution < 1.29 is 14.6 Å². The molecule has 4 nitrogen and oxygen atoms in total. The maximum atomic E-state index is 7.00. The van der Waals surface area contributed by atoms with Crippen LogP contribution in [0.4, 0.5) is 0 Å². The van der Waals surface area contributed by atoms with Gasteiger partial charge in [-0.2, -0.15) is 0 Å². The van der Waals surface area contributed by atoms with E-state index in [1.54, 1.807) is 11.1 Å². The molecule has 4 heteroatoms. The number of benzene rings is 1. The highest BCUT2D eigenvalue weighted by Crippen LogP contribution is 2.36. The maximum Gasteiger partial charge on any atom is 0.0704 e. The van der Waals surface area contributed by atoms with Crippen molar-refractivity contribution in [3.05, 3.63) is 34.9 Å². The van der Waals surface area contributed by atoms with Gasteiger partial charge in [-0.3, -0.25) is 0 Å². The highest BCUT2D eigenvalue weighted by atomic mass is 16.5. The summed E-state index contributed by atoms with van der Waals surface area (Å²) in [5.41, 5.74) is 4.62. The van der Waals surface area contributed by atoms with Crippen molar-refractivity contribution in [1.82, 2.24) is 5.32 Å². The second-order valence-corrected chi connectivity index (χ2v) is 8.76. The van der Waals surface area contributed by atoms with Gasteiger partial charge in [-0.05, 0) is 67.6 Å². The molecule has 1 aromatic rings. The fourth-order valence-electron chi connectivity index (χ4n) is 4.67. The molecule has 0 bridgehead atoms. The molecule has 0 amide bonds. The van der Waals surface area contributed by atoms with Crippen LogP contribution in [0.15, 0.2) is 18.2 Å². The van der Waals surface area contributed by atoms with Crippen LogP contribution in [0.25, 0.3) is 0 Å². The van der Waals surface area contributed by atoms with E-state index in [2.05, 4.69) is 44.3 Å². The van der Waals surface area contributed by atoms with Gasteiger partial charge < -0.3 is 19.9 Å². The zero-order chi connectivity index (χ0) is 21.1. The first kappa shape index (κ1) is 24.3. The van der Waals surface area contributed by atoms with E-state index < -0.39 is 0 Å². The first-order chi connectivity index (χ1) is 14.2. The lowest BCUT2D eigenvalue weighted by Crippen LogP contribution is -2.32. The van der Waals surface area contributed by atoms with Crippen molar-refractivity contribution in [3.8, 4) is 0 Å². The predicted molar refractivity (Wildman–Crippen MR) is 121 cm³/mol. The van der Waals surface area contributed by atoms with Gasteiger partial charge in [0, 0.05) is 25.8 Å². The molecule has 0 saturated heterocycles. The van der Waals surface area contributed by atoms with E-state index in [-0.39, 0.29) is 0 Å². The predicted octanol–water partition coefficient (Wildman–Crippen LogP) is 4.62. The molecule has 2 aliphatic carbocycles. The molecule has 2 unspecified atom stereocenters. The summed E-state index contributed by atoms with van der Waals surface area (Å²) in [6, 6.07) is 8.55. The molecule has 3 rings (SSSR count). The van der Waals surface area contributed by atoms with Crippen molar-refractivity contribution in [3.63, 3.8) is 0 Å². The number of ether oxygens (including phenoxy) is 2. The van der Waals surface area contributed by atoms with Gasteiger partial charge in [0.1, 0.15) is 0 Å². The van der Waals surface area contributed by atoms with Gasteiger partial charge in [-0.1, -0.05) is 45.4 Å². The fourth-order valence-corrected chi connectivity index (χ4v) is 4.67. The lowest BCUT2D eigenvalue weighted by atomic mass is 9.86. The second-order valence-electron chi connectivity index (χ2n) is 8.76. The molecular weight excluding hydrogens is 362 g/mol. The summed E-state index contributed by atoms with van der Waals surface area (Å²) in [7, 11) is 1.00. The van der Waals surface area contributed by atoms with Crippen LogP contribution < -0.4 is 5.32 Å². The topological polar surface area (TPSA) is 50.7 Å². The summed E-state index contributed by atoms with van der Waals surface area (Å²) >= 11 is 0.